The number of aromatic amines is 1. The van der Waals surface area contributed by atoms with Crippen LogP contribution < -0.4 is 5.69 Å². The van der Waals surface area contributed by atoms with Crippen molar-refractivity contribution in [3.8, 4) is 11.3 Å². The van der Waals surface area contributed by atoms with Gasteiger partial charge in [-0.15, -0.1) is 0 Å². The first-order valence-electron chi connectivity index (χ1n) is 9.14. The Morgan fingerprint density at radius 1 is 1.21 bits per heavy atom. The summed E-state index contributed by atoms with van der Waals surface area (Å²) in [6.45, 7) is 1.68. The summed E-state index contributed by atoms with van der Waals surface area (Å²) in [5.74, 6) is 0. The molecule has 0 spiro atoms. The number of hydrogen-bond donors (Lipinski definition) is 2. The van der Waals surface area contributed by atoms with E-state index < -0.39 is 0 Å². The molecule has 4 heterocycles. The molecule has 0 amide bonds. The van der Waals surface area contributed by atoms with Crippen molar-refractivity contribution in [1.29, 1.82) is 0 Å². The maximum Gasteiger partial charge on any atom is 0.329 e. The van der Waals surface area contributed by atoms with Gasteiger partial charge < -0.3 is 10.1 Å². The maximum absolute atomic E-state index is 12.8. The number of rotatable bonds is 3. The zero-order chi connectivity index (χ0) is 19.4. The predicted molar refractivity (Wildman–Crippen MR) is 109 cm³/mol. The Labute approximate surface area is 159 Å². The van der Waals surface area contributed by atoms with E-state index in [0.29, 0.717) is 22.1 Å². The Hall–Kier alpha value is -3.45. The molecule has 28 heavy (non-hydrogen) atoms. The van der Waals surface area contributed by atoms with E-state index in [0.717, 1.165) is 22.2 Å². The standard InChI is InChI=1S/C21H19N5O2/c1-12(11-27)26-20-18(25(2)21(26)28)10-23-17-7-6-16(24-19(17)20)13-4-3-5-15-14(13)8-9-22-15/h3-10,12,22,27H,11H2,1-2H3. The van der Waals surface area contributed by atoms with Crippen LogP contribution in [0.25, 0.3) is 44.2 Å². The summed E-state index contributed by atoms with van der Waals surface area (Å²) in [6, 6.07) is 11.6. The predicted octanol–water partition coefficient (Wildman–Crippen LogP) is 2.98. The van der Waals surface area contributed by atoms with Crippen LogP contribution in [0.15, 0.2) is 53.6 Å². The van der Waals surface area contributed by atoms with Crippen LogP contribution in [0.4, 0.5) is 0 Å². The molecule has 0 saturated heterocycles. The smallest absolute Gasteiger partial charge is 0.329 e. The number of nitrogens with one attached hydrogen (secondary N) is 1. The molecule has 0 radical (unpaired) electrons. The molecule has 7 nitrogen and oxygen atoms in total. The molecule has 5 rings (SSSR count). The monoisotopic (exact) mass is 373 g/mol. The zero-order valence-electron chi connectivity index (χ0n) is 15.5. The third-order valence-corrected chi connectivity index (χ3v) is 5.34. The lowest BCUT2D eigenvalue weighted by Crippen LogP contribution is -2.26. The summed E-state index contributed by atoms with van der Waals surface area (Å²) in [5.41, 5.74) is 5.43. The number of aliphatic hydroxyl groups excluding tert-OH is 1. The number of H-pyrrole nitrogens is 1. The maximum atomic E-state index is 12.8. The number of pyridine rings is 2. The van der Waals surface area contributed by atoms with Gasteiger partial charge in [-0.05, 0) is 31.2 Å². The summed E-state index contributed by atoms with van der Waals surface area (Å²) in [6.07, 6.45) is 3.60. The first-order chi connectivity index (χ1) is 13.6. The van der Waals surface area contributed by atoms with Crippen LogP contribution >= 0.6 is 0 Å². The average molecular weight is 373 g/mol. The molecule has 1 aromatic carbocycles. The second kappa shape index (κ2) is 6.03. The van der Waals surface area contributed by atoms with Gasteiger partial charge in [-0.25, -0.2) is 9.78 Å². The number of aryl methyl sites for hydroxylation is 1. The molecule has 5 aromatic rings. The Morgan fingerprint density at radius 2 is 2.07 bits per heavy atom. The van der Waals surface area contributed by atoms with Crippen LogP contribution in [-0.2, 0) is 7.05 Å². The molecular formula is C21H19N5O2. The SMILES string of the molecule is CC(CO)n1c(=O)n(C)c2cnc3ccc(-c4cccc5[nH]ccc45)nc3c21. The van der Waals surface area contributed by atoms with Crippen molar-refractivity contribution in [2.75, 3.05) is 6.61 Å². The van der Waals surface area contributed by atoms with Gasteiger partial charge in [0, 0.05) is 29.7 Å². The van der Waals surface area contributed by atoms with Crippen LogP contribution in [0.5, 0.6) is 0 Å². The van der Waals surface area contributed by atoms with Crippen molar-refractivity contribution in [3.63, 3.8) is 0 Å². The minimum atomic E-state index is -0.361. The van der Waals surface area contributed by atoms with Gasteiger partial charge in [0.05, 0.1) is 41.1 Å². The van der Waals surface area contributed by atoms with E-state index in [4.69, 9.17) is 4.98 Å². The lowest BCUT2D eigenvalue weighted by molar-refractivity contribution is 0.238. The Morgan fingerprint density at radius 3 is 2.89 bits per heavy atom. The summed E-state index contributed by atoms with van der Waals surface area (Å²) in [5, 5.41) is 10.8. The number of aromatic nitrogens is 5. The molecule has 0 fully saturated rings. The lowest BCUT2D eigenvalue weighted by Gasteiger charge is -2.11. The number of benzene rings is 1. The van der Waals surface area contributed by atoms with E-state index in [1.165, 1.54) is 0 Å². The highest BCUT2D eigenvalue weighted by Crippen LogP contribution is 2.30. The van der Waals surface area contributed by atoms with Crippen molar-refractivity contribution >= 4 is 33.0 Å². The largest absolute Gasteiger partial charge is 0.394 e. The summed E-state index contributed by atoms with van der Waals surface area (Å²) < 4.78 is 3.15. The van der Waals surface area contributed by atoms with Gasteiger partial charge >= 0.3 is 5.69 Å². The third kappa shape index (κ3) is 2.23. The highest BCUT2D eigenvalue weighted by molar-refractivity contribution is 6.02. The molecule has 7 heteroatoms. The Bertz CT molecular complexity index is 1410. The number of imidazole rings is 1. The number of nitrogens with zero attached hydrogens (tertiary/aromatic N) is 4. The van der Waals surface area contributed by atoms with Gasteiger partial charge in [0.2, 0.25) is 0 Å². The van der Waals surface area contributed by atoms with Gasteiger partial charge in [-0.3, -0.25) is 14.1 Å². The van der Waals surface area contributed by atoms with Crippen molar-refractivity contribution in [3.05, 3.63) is 59.3 Å². The van der Waals surface area contributed by atoms with Gasteiger partial charge in [0.25, 0.3) is 0 Å². The molecule has 1 unspecified atom stereocenters. The molecule has 1 atom stereocenters. The molecule has 0 aliphatic rings. The molecule has 4 aromatic heterocycles. The minimum absolute atomic E-state index is 0.134. The molecule has 0 aliphatic heterocycles. The van der Waals surface area contributed by atoms with Gasteiger partial charge in [-0.1, -0.05) is 12.1 Å². The molecule has 0 saturated carbocycles. The first kappa shape index (κ1) is 16.7. The quantitative estimate of drug-likeness (QED) is 0.509. The normalized spacial score (nSPS) is 13.0. The van der Waals surface area contributed by atoms with Gasteiger partial charge in [0.1, 0.15) is 5.52 Å². The van der Waals surface area contributed by atoms with Crippen molar-refractivity contribution in [2.24, 2.45) is 7.05 Å². The fourth-order valence-corrected chi connectivity index (χ4v) is 3.84. The summed E-state index contributed by atoms with van der Waals surface area (Å²) in [4.78, 5) is 25.4. The third-order valence-electron chi connectivity index (χ3n) is 5.34. The second-order valence-electron chi connectivity index (χ2n) is 7.04. The van der Waals surface area contributed by atoms with E-state index in [9.17, 15) is 9.90 Å². The lowest BCUT2D eigenvalue weighted by atomic mass is 10.1. The number of hydrogen-bond acceptors (Lipinski definition) is 4. The highest BCUT2D eigenvalue weighted by Gasteiger charge is 2.19. The van der Waals surface area contributed by atoms with Crippen LogP contribution in [-0.4, -0.2) is 35.8 Å². The molecule has 0 aliphatic carbocycles. The Kier molecular flexibility index (Phi) is 3.60. The summed E-state index contributed by atoms with van der Waals surface area (Å²) >= 11 is 0. The molecule has 0 bridgehead atoms. The average Bonchev–Trinajstić information content (AvgIpc) is 3.30. The molecule has 140 valence electrons. The number of aliphatic hydroxyl groups is 1. The van der Waals surface area contributed by atoms with Crippen molar-refractivity contribution in [2.45, 2.75) is 13.0 Å². The summed E-state index contributed by atoms with van der Waals surface area (Å²) in [7, 11) is 1.71. The Balaban J connectivity index is 1.89. The topological polar surface area (TPSA) is 88.7 Å². The van der Waals surface area contributed by atoms with Crippen LogP contribution in [0.3, 0.4) is 0 Å². The van der Waals surface area contributed by atoms with E-state index in [2.05, 4.69) is 9.97 Å². The number of fused-ring (bicyclic) bond motifs is 4. The van der Waals surface area contributed by atoms with Crippen molar-refractivity contribution < 1.29 is 5.11 Å². The minimum Gasteiger partial charge on any atom is -0.394 e. The van der Waals surface area contributed by atoms with Crippen LogP contribution in [0, 0.1) is 0 Å². The van der Waals surface area contributed by atoms with E-state index >= 15 is 0 Å². The van der Waals surface area contributed by atoms with Gasteiger partial charge in [-0.2, -0.15) is 0 Å². The van der Waals surface area contributed by atoms with E-state index in [1.54, 1.807) is 22.4 Å². The van der Waals surface area contributed by atoms with Crippen LogP contribution in [0.2, 0.25) is 0 Å². The molecular weight excluding hydrogens is 354 g/mol. The second-order valence-corrected chi connectivity index (χ2v) is 7.04. The van der Waals surface area contributed by atoms with E-state index in [-0.39, 0.29) is 18.3 Å². The van der Waals surface area contributed by atoms with Crippen molar-refractivity contribution in [1.82, 2.24) is 24.1 Å². The fourth-order valence-electron chi connectivity index (χ4n) is 3.84. The van der Waals surface area contributed by atoms with Crippen LogP contribution in [0.1, 0.15) is 13.0 Å². The highest BCUT2D eigenvalue weighted by atomic mass is 16.3. The first-order valence-corrected chi connectivity index (χ1v) is 9.14. The fraction of sp³-hybridized carbons (Fsp3) is 0.190. The zero-order valence-corrected chi connectivity index (χ0v) is 15.5. The van der Waals surface area contributed by atoms with Gasteiger partial charge in [0.15, 0.2) is 0 Å². The molecule has 2 N–H and O–H groups in total. The van der Waals surface area contributed by atoms with E-state index in [1.807, 2.05) is 49.5 Å².